The lowest BCUT2D eigenvalue weighted by Gasteiger charge is -2.40. The summed E-state index contributed by atoms with van der Waals surface area (Å²) in [6.45, 7) is 11.0. The SMILES string of the molecule is CC(C)(C)C1CN(Cc2ccc(Br)cc2Cl)CCN1. The Kier molecular flexibility index (Phi) is 4.93. The summed E-state index contributed by atoms with van der Waals surface area (Å²) in [7, 11) is 0. The van der Waals surface area contributed by atoms with Crippen LogP contribution < -0.4 is 5.32 Å². The Morgan fingerprint density at radius 2 is 2.16 bits per heavy atom. The zero-order chi connectivity index (χ0) is 14.0. The maximum absolute atomic E-state index is 6.30. The topological polar surface area (TPSA) is 15.3 Å². The minimum Gasteiger partial charge on any atom is -0.311 e. The minimum atomic E-state index is 0.294. The first-order valence-electron chi connectivity index (χ1n) is 6.76. The van der Waals surface area contributed by atoms with E-state index in [4.69, 9.17) is 11.6 Å². The molecule has 1 fully saturated rings. The largest absolute Gasteiger partial charge is 0.311 e. The summed E-state index contributed by atoms with van der Waals surface area (Å²) in [6.07, 6.45) is 0. The van der Waals surface area contributed by atoms with Gasteiger partial charge in [0.25, 0.3) is 0 Å². The maximum atomic E-state index is 6.30. The molecule has 0 aliphatic carbocycles. The third-order valence-corrected chi connectivity index (χ3v) is 4.56. The normalized spacial score (nSPS) is 21.6. The Morgan fingerprint density at radius 3 is 2.79 bits per heavy atom. The Bertz CT molecular complexity index is 442. The summed E-state index contributed by atoms with van der Waals surface area (Å²) in [5.74, 6) is 0. The number of hydrogen-bond acceptors (Lipinski definition) is 2. The van der Waals surface area contributed by atoms with Gasteiger partial charge in [-0.05, 0) is 23.1 Å². The predicted octanol–water partition coefficient (Wildman–Crippen LogP) is 3.92. The quantitative estimate of drug-likeness (QED) is 0.874. The van der Waals surface area contributed by atoms with E-state index in [1.807, 2.05) is 6.07 Å². The smallest absolute Gasteiger partial charge is 0.0462 e. The van der Waals surface area contributed by atoms with Crippen LogP contribution in [0.1, 0.15) is 26.3 Å². The van der Waals surface area contributed by atoms with Crippen LogP contribution in [0, 0.1) is 5.41 Å². The molecule has 106 valence electrons. The molecule has 1 unspecified atom stereocenters. The van der Waals surface area contributed by atoms with Crippen molar-refractivity contribution < 1.29 is 0 Å². The van der Waals surface area contributed by atoms with Crippen molar-refractivity contribution in [2.45, 2.75) is 33.4 Å². The molecule has 0 spiro atoms. The van der Waals surface area contributed by atoms with Crippen LogP contribution in [0.2, 0.25) is 5.02 Å². The molecule has 19 heavy (non-hydrogen) atoms. The van der Waals surface area contributed by atoms with E-state index in [9.17, 15) is 0 Å². The molecule has 1 aliphatic heterocycles. The summed E-state index contributed by atoms with van der Waals surface area (Å²) >= 11 is 9.75. The first kappa shape index (κ1) is 15.3. The van der Waals surface area contributed by atoms with Crippen molar-refractivity contribution in [1.29, 1.82) is 0 Å². The van der Waals surface area contributed by atoms with E-state index < -0.39 is 0 Å². The molecule has 0 amide bonds. The van der Waals surface area contributed by atoms with Crippen molar-refractivity contribution in [2.24, 2.45) is 5.41 Å². The molecule has 1 aromatic rings. The van der Waals surface area contributed by atoms with E-state index in [0.717, 1.165) is 35.7 Å². The average molecular weight is 346 g/mol. The molecule has 0 radical (unpaired) electrons. The number of nitrogens with zero attached hydrogens (tertiary/aromatic N) is 1. The van der Waals surface area contributed by atoms with Gasteiger partial charge in [-0.15, -0.1) is 0 Å². The van der Waals surface area contributed by atoms with Gasteiger partial charge in [-0.2, -0.15) is 0 Å². The average Bonchev–Trinajstić information content (AvgIpc) is 2.32. The van der Waals surface area contributed by atoms with E-state index in [1.54, 1.807) is 0 Å². The molecule has 1 aliphatic rings. The zero-order valence-electron chi connectivity index (χ0n) is 11.8. The Labute approximate surface area is 129 Å². The fourth-order valence-electron chi connectivity index (χ4n) is 2.43. The van der Waals surface area contributed by atoms with E-state index in [2.05, 4.69) is 59.1 Å². The second kappa shape index (κ2) is 6.13. The van der Waals surface area contributed by atoms with Crippen LogP contribution in [0.5, 0.6) is 0 Å². The summed E-state index contributed by atoms with van der Waals surface area (Å²) in [5.41, 5.74) is 1.50. The number of halogens is 2. The lowest BCUT2D eigenvalue weighted by Crippen LogP contribution is -2.55. The van der Waals surface area contributed by atoms with E-state index in [-0.39, 0.29) is 0 Å². The molecule has 1 N–H and O–H groups in total. The van der Waals surface area contributed by atoms with E-state index in [1.165, 1.54) is 5.56 Å². The van der Waals surface area contributed by atoms with Crippen LogP contribution in [-0.4, -0.2) is 30.6 Å². The highest BCUT2D eigenvalue weighted by Gasteiger charge is 2.29. The molecule has 1 atom stereocenters. The van der Waals surface area contributed by atoms with Crippen LogP contribution in [0.15, 0.2) is 22.7 Å². The number of piperazine rings is 1. The third-order valence-electron chi connectivity index (χ3n) is 3.71. The van der Waals surface area contributed by atoms with Gasteiger partial charge in [-0.25, -0.2) is 0 Å². The molecule has 0 aromatic heterocycles. The van der Waals surface area contributed by atoms with Gasteiger partial charge in [0.1, 0.15) is 0 Å². The summed E-state index contributed by atoms with van der Waals surface area (Å²) < 4.78 is 1.04. The second-order valence-corrected chi connectivity index (χ2v) is 7.67. The van der Waals surface area contributed by atoms with Gasteiger partial charge in [0.2, 0.25) is 0 Å². The lowest BCUT2D eigenvalue weighted by molar-refractivity contribution is 0.129. The van der Waals surface area contributed by atoms with Crippen molar-refractivity contribution in [2.75, 3.05) is 19.6 Å². The van der Waals surface area contributed by atoms with E-state index >= 15 is 0 Å². The highest BCUT2D eigenvalue weighted by atomic mass is 79.9. The highest BCUT2D eigenvalue weighted by Crippen LogP contribution is 2.25. The fourth-order valence-corrected chi connectivity index (χ4v) is 3.16. The molecular formula is C15H22BrClN2. The number of hydrogen-bond donors (Lipinski definition) is 1. The summed E-state index contributed by atoms with van der Waals surface area (Å²) in [6, 6.07) is 6.68. The van der Waals surface area contributed by atoms with Crippen molar-refractivity contribution in [1.82, 2.24) is 10.2 Å². The van der Waals surface area contributed by atoms with Crippen molar-refractivity contribution in [3.63, 3.8) is 0 Å². The number of benzene rings is 1. The Morgan fingerprint density at radius 1 is 1.42 bits per heavy atom. The van der Waals surface area contributed by atoms with Gasteiger partial charge < -0.3 is 5.32 Å². The molecule has 2 nitrogen and oxygen atoms in total. The first-order chi connectivity index (χ1) is 8.86. The van der Waals surface area contributed by atoms with Gasteiger partial charge in [-0.3, -0.25) is 4.90 Å². The van der Waals surface area contributed by atoms with Crippen LogP contribution >= 0.6 is 27.5 Å². The van der Waals surface area contributed by atoms with Crippen molar-refractivity contribution >= 4 is 27.5 Å². The van der Waals surface area contributed by atoms with Crippen LogP contribution in [0.3, 0.4) is 0 Å². The van der Waals surface area contributed by atoms with Crippen LogP contribution in [0.4, 0.5) is 0 Å². The van der Waals surface area contributed by atoms with Gasteiger partial charge in [0.15, 0.2) is 0 Å². The standard InChI is InChI=1S/C15H22BrClN2/c1-15(2,3)14-10-19(7-6-18-14)9-11-4-5-12(16)8-13(11)17/h4-5,8,14,18H,6-7,9-10H2,1-3H3. The maximum Gasteiger partial charge on any atom is 0.0462 e. The molecule has 0 saturated carbocycles. The number of nitrogens with one attached hydrogen (secondary N) is 1. The number of rotatable bonds is 2. The summed E-state index contributed by atoms with van der Waals surface area (Å²) in [4.78, 5) is 2.49. The van der Waals surface area contributed by atoms with Crippen molar-refractivity contribution in [3.05, 3.63) is 33.3 Å². The van der Waals surface area contributed by atoms with Crippen LogP contribution in [-0.2, 0) is 6.54 Å². The second-order valence-electron chi connectivity index (χ2n) is 6.34. The fraction of sp³-hybridized carbons (Fsp3) is 0.600. The lowest BCUT2D eigenvalue weighted by atomic mass is 9.85. The summed E-state index contributed by atoms with van der Waals surface area (Å²) in [5, 5.41) is 4.46. The van der Waals surface area contributed by atoms with Crippen LogP contribution in [0.25, 0.3) is 0 Å². The van der Waals surface area contributed by atoms with E-state index in [0.29, 0.717) is 11.5 Å². The predicted molar refractivity (Wildman–Crippen MR) is 85.7 cm³/mol. The zero-order valence-corrected chi connectivity index (χ0v) is 14.2. The molecule has 1 heterocycles. The van der Waals surface area contributed by atoms with Gasteiger partial charge in [-0.1, -0.05) is 54.4 Å². The van der Waals surface area contributed by atoms with Gasteiger partial charge in [0, 0.05) is 41.7 Å². The molecule has 1 aromatic carbocycles. The Hall–Kier alpha value is -0.0900. The third kappa shape index (κ3) is 4.19. The van der Waals surface area contributed by atoms with Crippen molar-refractivity contribution in [3.8, 4) is 0 Å². The Balaban J connectivity index is 2.03. The monoisotopic (exact) mass is 344 g/mol. The molecule has 1 saturated heterocycles. The van der Waals surface area contributed by atoms with Gasteiger partial charge in [0.05, 0.1) is 0 Å². The minimum absolute atomic E-state index is 0.294. The highest BCUT2D eigenvalue weighted by molar-refractivity contribution is 9.10. The first-order valence-corrected chi connectivity index (χ1v) is 7.93. The molecule has 4 heteroatoms. The molecule has 0 bridgehead atoms. The van der Waals surface area contributed by atoms with Gasteiger partial charge >= 0.3 is 0 Å². The molecular weight excluding hydrogens is 324 g/mol. The molecule has 2 rings (SSSR count).